The maximum atomic E-state index is 14.0. The summed E-state index contributed by atoms with van der Waals surface area (Å²) in [6.45, 7) is 0.744. The molecule has 1 saturated heterocycles. The molecule has 33 heavy (non-hydrogen) atoms. The molecule has 1 unspecified atom stereocenters. The van der Waals surface area contributed by atoms with Crippen LogP contribution in [0.15, 0.2) is 30.7 Å². The number of hydrogen-bond acceptors (Lipinski definition) is 7. The van der Waals surface area contributed by atoms with Crippen LogP contribution in [0, 0.1) is 5.82 Å². The molecule has 9 nitrogen and oxygen atoms in total. The minimum absolute atomic E-state index is 0.0370. The third-order valence-electron chi connectivity index (χ3n) is 6.58. The fourth-order valence-corrected chi connectivity index (χ4v) is 4.88. The third-order valence-corrected chi connectivity index (χ3v) is 6.58. The van der Waals surface area contributed by atoms with Gasteiger partial charge in [0, 0.05) is 24.3 Å². The van der Waals surface area contributed by atoms with E-state index in [-0.39, 0.29) is 24.1 Å². The number of aliphatic hydroxyl groups excluding tert-OH is 1. The molecule has 1 atom stereocenters. The fraction of sp³-hybridized carbons (Fsp3) is 0.478. The summed E-state index contributed by atoms with van der Waals surface area (Å²) >= 11 is 0. The van der Waals surface area contributed by atoms with Crippen LogP contribution in [-0.2, 0) is 0 Å². The van der Waals surface area contributed by atoms with Crippen LogP contribution in [0.4, 0.5) is 10.2 Å². The quantitative estimate of drug-likeness (QED) is 0.611. The van der Waals surface area contributed by atoms with Gasteiger partial charge in [-0.05, 0) is 50.7 Å². The predicted molar refractivity (Wildman–Crippen MR) is 119 cm³/mol. The first-order chi connectivity index (χ1) is 16.0. The Morgan fingerprint density at radius 2 is 2.06 bits per heavy atom. The number of ether oxygens (including phenoxy) is 1. The number of fused-ring (bicyclic) bond motifs is 1. The molecule has 1 saturated carbocycles. The number of carbonyl (C=O) groups is 1. The molecular formula is C23H27FN6O3. The average molecular weight is 455 g/mol. The highest BCUT2D eigenvalue weighted by atomic mass is 19.1. The number of nitrogens with zero attached hydrogens (tertiary/aromatic N) is 5. The van der Waals surface area contributed by atoms with Gasteiger partial charge in [-0.2, -0.15) is 5.10 Å². The van der Waals surface area contributed by atoms with E-state index in [2.05, 4.69) is 20.3 Å². The average Bonchev–Trinajstić information content (AvgIpc) is 3.47. The van der Waals surface area contributed by atoms with E-state index in [1.165, 1.54) is 19.4 Å². The summed E-state index contributed by atoms with van der Waals surface area (Å²) in [7, 11) is 1.53. The molecular weight excluding hydrogens is 427 g/mol. The van der Waals surface area contributed by atoms with Crippen LogP contribution in [0.3, 0.4) is 0 Å². The molecule has 2 aliphatic rings. The topological polar surface area (TPSA) is 105 Å². The summed E-state index contributed by atoms with van der Waals surface area (Å²) in [5.41, 5.74) is 1.56. The van der Waals surface area contributed by atoms with Gasteiger partial charge in [0.05, 0.1) is 31.6 Å². The minimum atomic E-state index is -0.411. The highest BCUT2D eigenvalue weighted by molar-refractivity contribution is 5.99. The molecule has 0 bridgehead atoms. The molecule has 4 heterocycles. The van der Waals surface area contributed by atoms with Gasteiger partial charge in [0.25, 0.3) is 5.91 Å². The first kappa shape index (κ1) is 21.6. The molecule has 174 valence electrons. The van der Waals surface area contributed by atoms with Crippen molar-refractivity contribution >= 4 is 17.4 Å². The summed E-state index contributed by atoms with van der Waals surface area (Å²) in [5, 5.41) is 17.0. The van der Waals surface area contributed by atoms with Crippen LogP contribution < -0.4 is 15.0 Å². The smallest absolute Gasteiger partial charge is 0.256 e. The Balaban J connectivity index is 1.42. The summed E-state index contributed by atoms with van der Waals surface area (Å²) in [6, 6.07) is 3.22. The van der Waals surface area contributed by atoms with Crippen molar-refractivity contribution in [1.29, 1.82) is 0 Å². The fourth-order valence-electron chi connectivity index (χ4n) is 4.88. The van der Waals surface area contributed by atoms with Crippen LogP contribution in [0.25, 0.3) is 5.65 Å². The number of rotatable bonds is 5. The number of amides is 1. The number of anilines is 1. The molecule has 1 amide bonds. The monoisotopic (exact) mass is 454 g/mol. The molecule has 3 aromatic heterocycles. The van der Waals surface area contributed by atoms with E-state index in [9.17, 15) is 14.3 Å². The Morgan fingerprint density at radius 1 is 1.24 bits per heavy atom. The number of aromatic nitrogens is 4. The number of aliphatic hydroxyl groups is 1. The van der Waals surface area contributed by atoms with Crippen molar-refractivity contribution < 1.29 is 19.0 Å². The van der Waals surface area contributed by atoms with Crippen molar-refractivity contribution in [1.82, 2.24) is 24.9 Å². The number of methoxy groups -OCH3 is 1. The number of hydrogen-bond donors (Lipinski definition) is 2. The van der Waals surface area contributed by atoms with E-state index in [1.807, 2.05) is 6.07 Å². The molecule has 2 fully saturated rings. The van der Waals surface area contributed by atoms with E-state index in [1.54, 1.807) is 10.7 Å². The van der Waals surface area contributed by atoms with E-state index in [0.717, 1.165) is 38.4 Å². The van der Waals surface area contributed by atoms with Crippen LogP contribution in [-0.4, -0.2) is 56.4 Å². The van der Waals surface area contributed by atoms with E-state index < -0.39 is 5.82 Å². The zero-order valence-electron chi connectivity index (χ0n) is 18.4. The lowest BCUT2D eigenvalue weighted by atomic mass is 9.93. The highest BCUT2D eigenvalue weighted by Crippen LogP contribution is 2.39. The minimum Gasteiger partial charge on any atom is -0.481 e. The molecule has 0 aromatic carbocycles. The van der Waals surface area contributed by atoms with E-state index >= 15 is 0 Å². The van der Waals surface area contributed by atoms with Gasteiger partial charge in [-0.1, -0.05) is 0 Å². The second kappa shape index (κ2) is 8.93. The first-order valence-electron chi connectivity index (χ1n) is 11.3. The molecule has 1 aliphatic heterocycles. The molecule has 1 aliphatic carbocycles. The maximum absolute atomic E-state index is 14.0. The molecule has 2 N–H and O–H groups in total. The van der Waals surface area contributed by atoms with E-state index in [0.29, 0.717) is 41.3 Å². The number of nitrogens with one attached hydrogen (secondary N) is 1. The van der Waals surface area contributed by atoms with Crippen LogP contribution in [0.5, 0.6) is 5.88 Å². The summed E-state index contributed by atoms with van der Waals surface area (Å²) in [4.78, 5) is 23.9. The second-order valence-corrected chi connectivity index (χ2v) is 8.69. The maximum Gasteiger partial charge on any atom is 0.256 e. The second-order valence-electron chi connectivity index (χ2n) is 8.69. The number of pyridine rings is 1. The van der Waals surface area contributed by atoms with Crippen molar-refractivity contribution in [2.75, 3.05) is 18.6 Å². The van der Waals surface area contributed by atoms with Crippen molar-refractivity contribution in [3.05, 3.63) is 47.7 Å². The van der Waals surface area contributed by atoms with Crippen molar-refractivity contribution in [2.45, 2.75) is 56.7 Å². The molecule has 10 heteroatoms. The lowest BCUT2D eigenvalue weighted by Gasteiger charge is -2.27. The lowest BCUT2D eigenvalue weighted by molar-refractivity contribution is 0.0869. The Morgan fingerprint density at radius 3 is 2.85 bits per heavy atom. The van der Waals surface area contributed by atoms with Gasteiger partial charge in [-0.15, -0.1) is 0 Å². The number of halogens is 1. The van der Waals surface area contributed by atoms with Crippen molar-refractivity contribution in [3.8, 4) is 5.88 Å². The Hall–Kier alpha value is -3.27. The third kappa shape index (κ3) is 4.22. The van der Waals surface area contributed by atoms with Crippen molar-refractivity contribution in [3.63, 3.8) is 0 Å². The van der Waals surface area contributed by atoms with E-state index in [4.69, 9.17) is 9.72 Å². The molecule has 5 rings (SSSR count). The normalized spacial score (nSPS) is 23.1. The van der Waals surface area contributed by atoms with Gasteiger partial charge in [-0.25, -0.2) is 18.9 Å². The van der Waals surface area contributed by atoms with Gasteiger partial charge in [0.1, 0.15) is 17.2 Å². The SMILES string of the molecule is COc1ncc(F)cc1C1CCCN1c1ccn2ncc(C(=O)NC3CCC(O)CC3)c2n1. The van der Waals surface area contributed by atoms with Gasteiger partial charge in [-0.3, -0.25) is 4.79 Å². The van der Waals surface area contributed by atoms with Gasteiger partial charge in [0.15, 0.2) is 5.65 Å². The van der Waals surface area contributed by atoms with Gasteiger partial charge in [0.2, 0.25) is 5.88 Å². The standard InChI is InChI=1S/C23H27FN6O3/c1-33-23-17(11-14(24)12-25-23)19-3-2-9-29(19)20-8-10-30-21(28-20)18(13-26-30)22(32)27-15-4-6-16(31)7-5-15/h8,10-13,15-16,19,31H,2-7,9H2,1H3,(H,27,32). The summed E-state index contributed by atoms with van der Waals surface area (Å²) in [5.74, 6) is 0.458. The van der Waals surface area contributed by atoms with Gasteiger partial charge >= 0.3 is 0 Å². The van der Waals surface area contributed by atoms with Gasteiger partial charge < -0.3 is 20.1 Å². The molecule has 3 aromatic rings. The summed E-state index contributed by atoms with van der Waals surface area (Å²) < 4.78 is 20.9. The Kier molecular flexibility index (Phi) is 5.84. The lowest BCUT2D eigenvalue weighted by Crippen LogP contribution is -2.38. The molecule has 0 radical (unpaired) electrons. The summed E-state index contributed by atoms with van der Waals surface area (Å²) in [6.07, 6.45) is 8.80. The Labute approximate surface area is 190 Å². The highest BCUT2D eigenvalue weighted by Gasteiger charge is 2.31. The van der Waals surface area contributed by atoms with Crippen molar-refractivity contribution in [2.24, 2.45) is 0 Å². The zero-order valence-corrected chi connectivity index (χ0v) is 18.4. The Bertz CT molecular complexity index is 1160. The van der Waals surface area contributed by atoms with Crippen LogP contribution >= 0.6 is 0 Å². The number of carbonyl (C=O) groups excluding carboxylic acids is 1. The first-order valence-corrected chi connectivity index (χ1v) is 11.3. The molecule has 0 spiro atoms. The largest absolute Gasteiger partial charge is 0.481 e. The zero-order chi connectivity index (χ0) is 22.9. The van der Waals surface area contributed by atoms with Crippen LogP contribution in [0.1, 0.15) is 60.5 Å². The predicted octanol–water partition coefficient (Wildman–Crippen LogP) is 2.65. The van der Waals surface area contributed by atoms with Crippen LogP contribution in [0.2, 0.25) is 0 Å².